The quantitative estimate of drug-likeness (QED) is 0.878. The molecule has 1 aliphatic heterocycles. The first kappa shape index (κ1) is 19.2. The lowest BCUT2D eigenvalue weighted by Crippen LogP contribution is -2.50. The van der Waals surface area contributed by atoms with E-state index in [1.165, 1.54) is 25.7 Å². The van der Waals surface area contributed by atoms with E-state index in [-0.39, 0.29) is 5.91 Å². The fourth-order valence-corrected chi connectivity index (χ4v) is 4.46. The van der Waals surface area contributed by atoms with Crippen LogP contribution >= 0.6 is 0 Å². The maximum absolute atomic E-state index is 11.6. The number of hydrogen-bond acceptors (Lipinski definition) is 4. The highest BCUT2D eigenvalue weighted by Crippen LogP contribution is 2.43. The van der Waals surface area contributed by atoms with Crippen LogP contribution in [0.5, 0.6) is 0 Å². The zero-order valence-corrected chi connectivity index (χ0v) is 16.8. The van der Waals surface area contributed by atoms with Crippen LogP contribution in [0.3, 0.4) is 0 Å². The predicted octanol–water partition coefficient (Wildman–Crippen LogP) is 3.17. The number of carbonyl (C=O) groups is 1. The first-order valence-electron chi connectivity index (χ1n) is 10.1. The second-order valence-electron chi connectivity index (χ2n) is 8.51. The molecule has 0 aromatic carbocycles. The molecule has 144 valence electrons. The van der Waals surface area contributed by atoms with Crippen molar-refractivity contribution in [1.82, 2.24) is 15.2 Å². The molecule has 2 fully saturated rings. The van der Waals surface area contributed by atoms with Gasteiger partial charge >= 0.3 is 0 Å². The Labute approximate surface area is 158 Å². The van der Waals surface area contributed by atoms with Crippen molar-refractivity contribution >= 4 is 11.7 Å². The number of nitrogens with zero attached hydrogens (tertiary/aromatic N) is 3. The molecule has 1 saturated heterocycles. The van der Waals surface area contributed by atoms with E-state index in [1.807, 2.05) is 12.1 Å². The topological polar surface area (TPSA) is 48.5 Å². The summed E-state index contributed by atoms with van der Waals surface area (Å²) in [6.07, 6.45) is 7.05. The van der Waals surface area contributed by atoms with Gasteiger partial charge in [0.1, 0.15) is 5.82 Å². The van der Waals surface area contributed by atoms with Gasteiger partial charge in [-0.3, -0.25) is 9.69 Å². The van der Waals surface area contributed by atoms with Crippen LogP contribution in [-0.2, 0) is 0 Å². The molecule has 1 saturated carbocycles. The minimum absolute atomic E-state index is 0.0836. The first-order valence-corrected chi connectivity index (χ1v) is 10.1. The Hall–Kier alpha value is -1.62. The molecule has 2 atom stereocenters. The van der Waals surface area contributed by atoms with Crippen LogP contribution in [0, 0.1) is 11.3 Å². The third kappa shape index (κ3) is 4.03. The highest BCUT2D eigenvalue weighted by Gasteiger charge is 2.37. The summed E-state index contributed by atoms with van der Waals surface area (Å²) < 4.78 is 0. The largest absolute Gasteiger partial charge is 0.355 e. The number of rotatable bonds is 5. The smallest absolute Gasteiger partial charge is 0.252 e. The van der Waals surface area contributed by atoms with E-state index in [2.05, 4.69) is 40.9 Å². The minimum atomic E-state index is -0.0836. The van der Waals surface area contributed by atoms with E-state index >= 15 is 0 Å². The van der Waals surface area contributed by atoms with Gasteiger partial charge in [0.25, 0.3) is 5.91 Å². The van der Waals surface area contributed by atoms with Crippen molar-refractivity contribution in [2.75, 3.05) is 38.1 Å². The summed E-state index contributed by atoms with van der Waals surface area (Å²) in [5, 5.41) is 2.64. The number of nitrogens with one attached hydrogen (secondary N) is 1. The summed E-state index contributed by atoms with van der Waals surface area (Å²) >= 11 is 0. The van der Waals surface area contributed by atoms with Gasteiger partial charge in [0, 0.05) is 45.5 Å². The van der Waals surface area contributed by atoms with Gasteiger partial charge in [-0.2, -0.15) is 0 Å². The average molecular weight is 359 g/mol. The van der Waals surface area contributed by atoms with E-state index in [4.69, 9.17) is 0 Å². The lowest BCUT2D eigenvalue weighted by molar-refractivity contribution is 0.0962. The second-order valence-corrected chi connectivity index (χ2v) is 8.51. The number of amides is 1. The van der Waals surface area contributed by atoms with Crippen LogP contribution in [-0.4, -0.2) is 55.1 Å². The molecule has 1 aromatic rings. The molecule has 5 nitrogen and oxygen atoms in total. The summed E-state index contributed by atoms with van der Waals surface area (Å²) in [5.41, 5.74) is 1.10. The van der Waals surface area contributed by atoms with E-state index < -0.39 is 0 Å². The van der Waals surface area contributed by atoms with Gasteiger partial charge in [0.05, 0.1) is 5.56 Å². The maximum Gasteiger partial charge on any atom is 0.252 e. The van der Waals surface area contributed by atoms with Crippen molar-refractivity contribution in [1.29, 1.82) is 0 Å². The molecular formula is C21H34N4O. The standard InChI is InChI=1S/C21H34N4O/c1-5-21(2,3)17-7-8-18(14-17)24-10-12-25(13-11-24)19-9-6-16(15-23-19)20(26)22-4/h6,9,15,17-18H,5,7-8,10-14H2,1-4H3,(H,22,26). The Balaban J connectivity index is 1.52. The third-order valence-electron chi connectivity index (χ3n) is 6.81. The molecule has 26 heavy (non-hydrogen) atoms. The Bertz CT molecular complexity index is 605. The number of hydrogen-bond donors (Lipinski definition) is 1. The number of piperazine rings is 1. The van der Waals surface area contributed by atoms with Gasteiger partial charge in [0.15, 0.2) is 0 Å². The second kappa shape index (κ2) is 7.95. The molecule has 2 heterocycles. The van der Waals surface area contributed by atoms with E-state index in [9.17, 15) is 4.79 Å². The normalized spacial score (nSPS) is 24.7. The van der Waals surface area contributed by atoms with Crippen molar-refractivity contribution in [2.45, 2.75) is 52.5 Å². The van der Waals surface area contributed by atoms with E-state index in [1.54, 1.807) is 13.2 Å². The molecule has 1 amide bonds. The van der Waals surface area contributed by atoms with Crippen molar-refractivity contribution in [3.05, 3.63) is 23.9 Å². The lowest BCUT2D eigenvalue weighted by Gasteiger charge is -2.39. The number of aromatic nitrogens is 1. The van der Waals surface area contributed by atoms with Gasteiger partial charge < -0.3 is 10.2 Å². The molecule has 2 aliphatic rings. The van der Waals surface area contributed by atoms with Crippen LogP contribution in [0.15, 0.2) is 18.3 Å². The van der Waals surface area contributed by atoms with Crippen LogP contribution in [0.25, 0.3) is 0 Å². The zero-order chi connectivity index (χ0) is 18.7. The summed E-state index contributed by atoms with van der Waals surface area (Å²) in [7, 11) is 1.64. The summed E-state index contributed by atoms with van der Waals surface area (Å²) in [4.78, 5) is 21.2. The highest BCUT2D eigenvalue weighted by molar-refractivity contribution is 5.93. The van der Waals surface area contributed by atoms with Gasteiger partial charge in [-0.05, 0) is 42.7 Å². The number of anilines is 1. The molecule has 1 aromatic heterocycles. The monoisotopic (exact) mass is 358 g/mol. The fraction of sp³-hybridized carbons (Fsp3) is 0.714. The Morgan fingerprint density at radius 1 is 1.23 bits per heavy atom. The molecule has 2 unspecified atom stereocenters. The summed E-state index contributed by atoms with van der Waals surface area (Å²) in [6, 6.07) is 4.59. The molecule has 1 N–H and O–H groups in total. The zero-order valence-electron chi connectivity index (χ0n) is 16.8. The van der Waals surface area contributed by atoms with Crippen molar-refractivity contribution < 1.29 is 4.79 Å². The fourth-order valence-electron chi connectivity index (χ4n) is 4.46. The van der Waals surface area contributed by atoms with E-state index in [0.29, 0.717) is 11.0 Å². The molecule has 0 spiro atoms. The van der Waals surface area contributed by atoms with Crippen molar-refractivity contribution in [3.63, 3.8) is 0 Å². The Kier molecular flexibility index (Phi) is 5.86. The maximum atomic E-state index is 11.6. The van der Waals surface area contributed by atoms with Crippen LogP contribution in [0.4, 0.5) is 5.82 Å². The van der Waals surface area contributed by atoms with Crippen molar-refractivity contribution in [2.24, 2.45) is 11.3 Å². The van der Waals surface area contributed by atoms with Crippen LogP contribution in [0.2, 0.25) is 0 Å². The number of pyridine rings is 1. The number of carbonyl (C=O) groups excluding carboxylic acids is 1. The van der Waals surface area contributed by atoms with Crippen LogP contribution in [0.1, 0.15) is 56.8 Å². The molecule has 0 bridgehead atoms. The predicted molar refractivity (Wildman–Crippen MR) is 107 cm³/mol. The molecular weight excluding hydrogens is 324 g/mol. The van der Waals surface area contributed by atoms with Gasteiger partial charge in [-0.25, -0.2) is 4.98 Å². The molecule has 3 rings (SSSR count). The van der Waals surface area contributed by atoms with E-state index in [0.717, 1.165) is 44.0 Å². The van der Waals surface area contributed by atoms with Gasteiger partial charge in [-0.1, -0.05) is 27.2 Å². The van der Waals surface area contributed by atoms with Crippen molar-refractivity contribution in [3.8, 4) is 0 Å². The van der Waals surface area contributed by atoms with Crippen LogP contribution < -0.4 is 10.2 Å². The van der Waals surface area contributed by atoms with Gasteiger partial charge in [-0.15, -0.1) is 0 Å². The first-order chi connectivity index (χ1) is 12.4. The summed E-state index contributed by atoms with van der Waals surface area (Å²) in [6.45, 7) is 11.5. The minimum Gasteiger partial charge on any atom is -0.355 e. The lowest BCUT2D eigenvalue weighted by atomic mass is 9.76. The highest BCUT2D eigenvalue weighted by atomic mass is 16.1. The summed E-state index contributed by atoms with van der Waals surface area (Å²) in [5.74, 6) is 1.77. The molecule has 0 radical (unpaired) electrons. The Morgan fingerprint density at radius 3 is 2.54 bits per heavy atom. The van der Waals surface area contributed by atoms with Gasteiger partial charge in [0.2, 0.25) is 0 Å². The SMILES string of the molecule is CCC(C)(C)C1CCC(N2CCN(c3ccc(C(=O)NC)cn3)CC2)C1. The molecule has 1 aliphatic carbocycles. The Morgan fingerprint density at radius 2 is 1.96 bits per heavy atom. The average Bonchev–Trinajstić information content (AvgIpc) is 3.19. The molecule has 5 heteroatoms. The third-order valence-corrected chi connectivity index (χ3v) is 6.81.